The second-order valence-corrected chi connectivity index (χ2v) is 5.18. The number of rotatable bonds is 4. The molecule has 104 valence electrons. The Morgan fingerprint density at radius 2 is 2.06 bits per heavy atom. The first-order chi connectivity index (χ1) is 8.49. The Morgan fingerprint density at radius 1 is 1.39 bits per heavy atom. The zero-order chi connectivity index (χ0) is 13.7. The van der Waals surface area contributed by atoms with Gasteiger partial charge >= 0.3 is 0 Å². The van der Waals surface area contributed by atoms with Gasteiger partial charge in [0.2, 0.25) is 11.8 Å². The Labute approximate surface area is 109 Å². The van der Waals surface area contributed by atoms with Crippen LogP contribution in [0.2, 0.25) is 0 Å². The second-order valence-electron chi connectivity index (χ2n) is 5.18. The van der Waals surface area contributed by atoms with Crippen molar-refractivity contribution in [3.8, 4) is 0 Å². The van der Waals surface area contributed by atoms with Crippen molar-refractivity contribution in [3.05, 3.63) is 0 Å². The van der Waals surface area contributed by atoms with Crippen molar-refractivity contribution in [1.82, 2.24) is 10.2 Å². The molecule has 0 heterocycles. The van der Waals surface area contributed by atoms with Crippen LogP contribution in [0.15, 0.2) is 0 Å². The summed E-state index contributed by atoms with van der Waals surface area (Å²) in [7, 11) is 1.59. The van der Waals surface area contributed by atoms with E-state index in [-0.39, 0.29) is 30.3 Å². The molecule has 3 atom stereocenters. The van der Waals surface area contributed by atoms with Gasteiger partial charge in [-0.1, -0.05) is 6.92 Å². The normalized spacial score (nSPS) is 27.7. The molecular formula is C13H25N3O2. The number of hydrogen-bond acceptors (Lipinski definition) is 3. The lowest BCUT2D eigenvalue weighted by atomic mass is 9.78. The van der Waals surface area contributed by atoms with E-state index in [1.54, 1.807) is 11.9 Å². The van der Waals surface area contributed by atoms with E-state index in [0.29, 0.717) is 12.5 Å². The highest BCUT2D eigenvalue weighted by Gasteiger charge is 2.32. The summed E-state index contributed by atoms with van der Waals surface area (Å²) in [6.07, 6.45) is 2.58. The van der Waals surface area contributed by atoms with Crippen LogP contribution < -0.4 is 11.1 Å². The predicted molar refractivity (Wildman–Crippen MR) is 70.8 cm³/mol. The molecule has 5 nitrogen and oxygen atoms in total. The van der Waals surface area contributed by atoms with Crippen LogP contribution in [0.25, 0.3) is 0 Å². The van der Waals surface area contributed by atoms with Crippen molar-refractivity contribution in [3.63, 3.8) is 0 Å². The fraction of sp³-hybridized carbons (Fsp3) is 0.846. The van der Waals surface area contributed by atoms with Crippen LogP contribution in [0.3, 0.4) is 0 Å². The van der Waals surface area contributed by atoms with E-state index in [1.165, 1.54) is 0 Å². The second kappa shape index (κ2) is 6.73. The number of hydrogen-bond donors (Lipinski definition) is 2. The van der Waals surface area contributed by atoms with Gasteiger partial charge in [-0.15, -0.1) is 0 Å². The van der Waals surface area contributed by atoms with Crippen LogP contribution in [-0.4, -0.2) is 42.9 Å². The third-order valence-corrected chi connectivity index (χ3v) is 3.89. The molecule has 18 heavy (non-hydrogen) atoms. The summed E-state index contributed by atoms with van der Waals surface area (Å²) < 4.78 is 0. The van der Waals surface area contributed by atoms with Crippen molar-refractivity contribution in [2.45, 2.75) is 39.2 Å². The summed E-state index contributed by atoms with van der Waals surface area (Å²) in [4.78, 5) is 25.3. The molecule has 0 aromatic rings. The van der Waals surface area contributed by atoms with E-state index in [4.69, 9.17) is 5.73 Å². The Kier molecular flexibility index (Phi) is 5.59. The largest absolute Gasteiger partial charge is 0.358 e. The third kappa shape index (κ3) is 3.70. The van der Waals surface area contributed by atoms with Gasteiger partial charge in [0.1, 0.15) is 0 Å². The quantitative estimate of drug-likeness (QED) is 0.761. The molecule has 1 rings (SSSR count). The summed E-state index contributed by atoms with van der Waals surface area (Å²) in [6.45, 7) is 4.73. The minimum absolute atomic E-state index is 0.0319. The molecule has 0 spiro atoms. The molecule has 0 aliphatic heterocycles. The number of likely N-dealkylation sites (N-methyl/N-ethyl adjacent to an activating group) is 2. The molecule has 0 bridgehead atoms. The SMILES string of the molecule is CCN(CC(=O)NC)C(=O)C1CCC(N)C(C)C1. The molecule has 3 unspecified atom stereocenters. The molecule has 0 aromatic carbocycles. The van der Waals surface area contributed by atoms with Gasteiger partial charge in [-0.2, -0.15) is 0 Å². The molecule has 1 aliphatic carbocycles. The average Bonchev–Trinajstić information content (AvgIpc) is 2.38. The Balaban J connectivity index is 2.58. The maximum atomic E-state index is 12.3. The number of carbonyl (C=O) groups excluding carboxylic acids is 2. The van der Waals surface area contributed by atoms with Crippen LogP contribution in [0.1, 0.15) is 33.1 Å². The van der Waals surface area contributed by atoms with Crippen LogP contribution in [0.4, 0.5) is 0 Å². The van der Waals surface area contributed by atoms with Gasteiger partial charge in [0, 0.05) is 25.6 Å². The number of nitrogens with one attached hydrogen (secondary N) is 1. The molecule has 0 aromatic heterocycles. The minimum atomic E-state index is -0.120. The zero-order valence-electron chi connectivity index (χ0n) is 11.6. The first-order valence-electron chi connectivity index (χ1n) is 6.74. The van der Waals surface area contributed by atoms with Crippen LogP contribution in [-0.2, 0) is 9.59 Å². The fourth-order valence-corrected chi connectivity index (χ4v) is 2.50. The van der Waals surface area contributed by atoms with Gasteiger partial charge in [-0.25, -0.2) is 0 Å². The third-order valence-electron chi connectivity index (χ3n) is 3.89. The summed E-state index contributed by atoms with van der Waals surface area (Å²) >= 11 is 0. The zero-order valence-corrected chi connectivity index (χ0v) is 11.6. The first kappa shape index (κ1) is 15.0. The van der Waals surface area contributed by atoms with Gasteiger partial charge in [-0.3, -0.25) is 9.59 Å². The van der Waals surface area contributed by atoms with Crippen molar-refractivity contribution >= 4 is 11.8 Å². The van der Waals surface area contributed by atoms with Crippen molar-refractivity contribution in [2.24, 2.45) is 17.6 Å². The van der Waals surface area contributed by atoms with E-state index < -0.39 is 0 Å². The van der Waals surface area contributed by atoms with Gasteiger partial charge < -0.3 is 16.0 Å². The summed E-state index contributed by atoms with van der Waals surface area (Å²) in [5, 5.41) is 2.55. The summed E-state index contributed by atoms with van der Waals surface area (Å²) in [5.74, 6) is 0.390. The number of nitrogens with zero attached hydrogens (tertiary/aromatic N) is 1. The van der Waals surface area contributed by atoms with Crippen molar-refractivity contribution in [2.75, 3.05) is 20.1 Å². The molecular weight excluding hydrogens is 230 g/mol. The van der Waals surface area contributed by atoms with E-state index >= 15 is 0 Å². The first-order valence-corrected chi connectivity index (χ1v) is 6.74. The maximum Gasteiger partial charge on any atom is 0.239 e. The molecule has 3 N–H and O–H groups in total. The van der Waals surface area contributed by atoms with Gasteiger partial charge in [0.15, 0.2) is 0 Å². The smallest absolute Gasteiger partial charge is 0.239 e. The fourth-order valence-electron chi connectivity index (χ4n) is 2.50. The summed E-state index contributed by atoms with van der Waals surface area (Å²) in [5.41, 5.74) is 5.96. The van der Waals surface area contributed by atoms with Crippen molar-refractivity contribution < 1.29 is 9.59 Å². The highest BCUT2D eigenvalue weighted by molar-refractivity contribution is 5.85. The predicted octanol–water partition coefficient (Wildman–Crippen LogP) is 0.344. The number of nitrogens with two attached hydrogens (primary N) is 1. The standard InChI is InChI=1S/C13H25N3O2/c1-4-16(8-12(17)15-3)13(18)10-5-6-11(14)9(2)7-10/h9-11H,4-8,14H2,1-3H3,(H,15,17). The summed E-state index contributed by atoms with van der Waals surface area (Å²) in [6, 6.07) is 0.211. The Hall–Kier alpha value is -1.10. The maximum absolute atomic E-state index is 12.3. The molecule has 1 aliphatic rings. The number of amides is 2. The van der Waals surface area contributed by atoms with Gasteiger partial charge in [0.05, 0.1) is 6.54 Å². The monoisotopic (exact) mass is 255 g/mol. The lowest BCUT2D eigenvalue weighted by Crippen LogP contribution is -2.45. The lowest BCUT2D eigenvalue weighted by molar-refractivity contribution is -0.140. The van der Waals surface area contributed by atoms with Crippen LogP contribution in [0, 0.1) is 11.8 Å². The molecule has 0 saturated heterocycles. The molecule has 5 heteroatoms. The van der Waals surface area contributed by atoms with E-state index in [2.05, 4.69) is 12.2 Å². The highest BCUT2D eigenvalue weighted by atomic mass is 16.2. The number of carbonyl (C=O) groups is 2. The van der Waals surface area contributed by atoms with Crippen LogP contribution in [0.5, 0.6) is 0 Å². The Bertz CT molecular complexity index is 307. The molecule has 1 saturated carbocycles. The minimum Gasteiger partial charge on any atom is -0.358 e. The molecule has 1 fully saturated rings. The van der Waals surface area contributed by atoms with E-state index in [1.807, 2.05) is 6.92 Å². The van der Waals surface area contributed by atoms with E-state index in [9.17, 15) is 9.59 Å². The topological polar surface area (TPSA) is 75.4 Å². The van der Waals surface area contributed by atoms with Crippen LogP contribution >= 0.6 is 0 Å². The van der Waals surface area contributed by atoms with E-state index in [0.717, 1.165) is 19.3 Å². The highest BCUT2D eigenvalue weighted by Crippen LogP contribution is 2.29. The van der Waals surface area contributed by atoms with Crippen molar-refractivity contribution in [1.29, 1.82) is 0 Å². The van der Waals surface area contributed by atoms with Gasteiger partial charge in [0.25, 0.3) is 0 Å². The molecule has 0 radical (unpaired) electrons. The lowest BCUT2D eigenvalue weighted by Gasteiger charge is -2.33. The van der Waals surface area contributed by atoms with Gasteiger partial charge in [-0.05, 0) is 32.1 Å². The Morgan fingerprint density at radius 3 is 2.56 bits per heavy atom. The average molecular weight is 255 g/mol. The molecule has 2 amide bonds.